The smallest absolute Gasteiger partial charge is 0.228 e. The van der Waals surface area contributed by atoms with E-state index in [4.69, 9.17) is 0 Å². The van der Waals surface area contributed by atoms with E-state index >= 15 is 0 Å². The molecule has 1 aromatic heterocycles. The lowest BCUT2D eigenvalue weighted by atomic mass is 9.98. The lowest BCUT2D eigenvalue weighted by Gasteiger charge is -2.25. The van der Waals surface area contributed by atoms with Gasteiger partial charge in [0.25, 0.3) is 0 Å². The molecule has 1 fully saturated rings. The molecule has 2 rings (SSSR count). The van der Waals surface area contributed by atoms with Crippen LogP contribution in [0.3, 0.4) is 0 Å². The summed E-state index contributed by atoms with van der Waals surface area (Å²) in [5, 5.41) is 10.3. The first-order valence-electron chi connectivity index (χ1n) is 6.95. The number of amides is 1. The molecule has 1 heterocycles. The molecule has 0 atom stereocenters. The van der Waals surface area contributed by atoms with E-state index in [1.165, 1.54) is 0 Å². The number of carbonyl (C=O) groups is 1. The predicted molar refractivity (Wildman–Crippen MR) is 73.6 cm³/mol. The molecule has 0 spiro atoms. The summed E-state index contributed by atoms with van der Waals surface area (Å²) in [6.07, 6.45) is 6.64. The predicted octanol–water partition coefficient (Wildman–Crippen LogP) is 1.78. The maximum absolute atomic E-state index is 12.0. The highest BCUT2D eigenvalue weighted by molar-refractivity contribution is 5.78. The molecular formula is C15H22N2O2. The van der Waals surface area contributed by atoms with E-state index in [0.717, 1.165) is 31.4 Å². The molecule has 1 aliphatic carbocycles. The van der Waals surface area contributed by atoms with Gasteiger partial charge in [0, 0.05) is 25.5 Å². The minimum atomic E-state index is -0.542. The number of hydrogen-bond acceptors (Lipinski definition) is 3. The standard InChI is InChI=1S/C15H22N2O2/c1-17(11-9-15(19)7-3-4-8-15)14(18)12-13-6-2-5-10-16-13/h2,5-6,10,19H,3-4,7-9,11-12H2,1H3. The summed E-state index contributed by atoms with van der Waals surface area (Å²) < 4.78 is 0. The highest BCUT2D eigenvalue weighted by Gasteiger charge is 2.31. The van der Waals surface area contributed by atoms with Crippen LogP contribution in [0.1, 0.15) is 37.8 Å². The Hall–Kier alpha value is -1.42. The van der Waals surface area contributed by atoms with Gasteiger partial charge in [0.15, 0.2) is 0 Å². The summed E-state index contributed by atoms with van der Waals surface area (Å²) >= 11 is 0. The van der Waals surface area contributed by atoms with Crippen molar-refractivity contribution in [1.29, 1.82) is 0 Å². The van der Waals surface area contributed by atoms with Crippen molar-refractivity contribution in [1.82, 2.24) is 9.88 Å². The molecule has 1 amide bonds. The van der Waals surface area contributed by atoms with Crippen LogP contribution in [0.2, 0.25) is 0 Å². The lowest BCUT2D eigenvalue weighted by Crippen LogP contribution is -2.35. The number of carbonyl (C=O) groups excluding carboxylic acids is 1. The van der Waals surface area contributed by atoms with Gasteiger partial charge < -0.3 is 10.0 Å². The van der Waals surface area contributed by atoms with Crippen molar-refractivity contribution in [3.05, 3.63) is 30.1 Å². The van der Waals surface area contributed by atoms with E-state index in [0.29, 0.717) is 19.4 Å². The summed E-state index contributed by atoms with van der Waals surface area (Å²) in [5.41, 5.74) is 0.249. The fraction of sp³-hybridized carbons (Fsp3) is 0.600. The average molecular weight is 262 g/mol. The van der Waals surface area contributed by atoms with E-state index in [1.807, 2.05) is 18.2 Å². The third kappa shape index (κ3) is 4.03. The lowest BCUT2D eigenvalue weighted by molar-refractivity contribution is -0.129. The van der Waals surface area contributed by atoms with Crippen LogP contribution < -0.4 is 0 Å². The van der Waals surface area contributed by atoms with Gasteiger partial charge in [-0.05, 0) is 31.4 Å². The van der Waals surface area contributed by atoms with Crippen molar-refractivity contribution in [3.63, 3.8) is 0 Å². The van der Waals surface area contributed by atoms with Gasteiger partial charge in [0.05, 0.1) is 12.0 Å². The second-order valence-corrected chi connectivity index (χ2v) is 5.49. The Bertz CT molecular complexity index is 413. The van der Waals surface area contributed by atoms with Crippen molar-refractivity contribution < 1.29 is 9.90 Å². The molecule has 0 aliphatic heterocycles. The molecule has 19 heavy (non-hydrogen) atoms. The summed E-state index contributed by atoms with van der Waals surface area (Å²) in [4.78, 5) is 17.9. The van der Waals surface area contributed by atoms with Crippen LogP contribution in [0, 0.1) is 0 Å². The quantitative estimate of drug-likeness (QED) is 0.880. The van der Waals surface area contributed by atoms with Crippen molar-refractivity contribution >= 4 is 5.91 Å². The van der Waals surface area contributed by atoms with Gasteiger partial charge in [0.2, 0.25) is 5.91 Å². The largest absolute Gasteiger partial charge is 0.390 e. The summed E-state index contributed by atoms with van der Waals surface area (Å²) in [7, 11) is 1.80. The van der Waals surface area contributed by atoms with Crippen LogP contribution in [-0.2, 0) is 11.2 Å². The molecule has 0 saturated heterocycles. The second-order valence-electron chi connectivity index (χ2n) is 5.49. The number of pyridine rings is 1. The third-order valence-corrected chi connectivity index (χ3v) is 3.93. The molecule has 104 valence electrons. The molecule has 4 heteroatoms. The van der Waals surface area contributed by atoms with Crippen molar-refractivity contribution in [3.8, 4) is 0 Å². The molecule has 4 nitrogen and oxygen atoms in total. The van der Waals surface area contributed by atoms with Crippen molar-refractivity contribution in [2.45, 2.75) is 44.1 Å². The number of aromatic nitrogens is 1. The number of nitrogens with zero attached hydrogens (tertiary/aromatic N) is 2. The number of aliphatic hydroxyl groups is 1. The first-order valence-corrected chi connectivity index (χ1v) is 6.95. The van der Waals surface area contributed by atoms with Crippen molar-refractivity contribution in [2.75, 3.05) is 13.6 Å². The molecule has 1 aliphatic rings. The van der Waals surface area contributed by atoms with Crippen LogP contribution in [0.5, 0.6) is 0 Å². The summed E-state index contributed by atoms with van der Waals surface area (Å²) in [6.45, 7) is 0.613. The average Bonchev–Trinajstić information content (AvgIpc) is 2.84. The van der Waals surface area contributed by atoms with Crippen LogP contribution in [-0.4, -0.2) is 40.1 Å². The number of likely N-dealkylation sites (N-methyl/N-ethyl adjacent to an activating group) is 1. The number of rotatable bonds is 5. The monoisotopic (exact) mass is 262 g/mol. The fourth-order valence-electron chi connectivity index (χ4n) is 2.58. The highest BCUT2D eigenvalue weighted by atomic mass is 16.3. The molecule has 0 bridgehead atoms. The number of hydrogen-bond donors (Lipinski definition) is 1. The minimum absolute atomic E-state index is 0.0558. The third-order valence-electron chi connectivity index (χ3n) is 3.93. The van der Waals surface area contributed by atoms with E-state index < -0.39 is 5.60 Å². The Morgan fingerprint density at radius 1 is 1.42 bits per heavy atom. The molecular weight excluding hydrogens is 240 g/mol. The first-order chi connectivity index (χ1) is 9.09. The molecule has 0 aromatic carbocycles. The van der Waals surface area contributed by atoms with Gasteiger partial charge in [-0.3, -0.25) is 9.78 Å². The zero-order valence-electron chi connectivity index (χ0n) is 11.5. The fourth-order valence-corrected chi connectivity index (χ4v) is 2.58. The zero-order valence-corrected chi connectivity index (χ0v) is 11.5. The van der Waals surface area contributed by atoms with E-state index in [1.54, 1.807) is 18.1 Å². The summed E-state index contributed by atoms with van der Waals surface area (Å²) in [6, 6.07) is 5.58. The molecule has 1 aromatic rings. The van der Waals surface area contributed by atoms with Crippen molar-refractivity contribution in [2.24, 2.45) is 0 Å². The van der Waals surface area contributed by atoms with E-state index in [9.17, 15) is 9.90 Å². The Morgan fingerprint density at radius 3 is 2.79 bits per heavy atom. The van der Waals surface area contributed by atoms with E-state index in [2.05, 4.69) is 4.98 Å². The minimum Gasteiger partial charge on any atom is -0.390 e. The Balaban J connectivity index is 1.79. The highest BCUT2D eigenvalue weighted by Crippen LogP contribution is 2.32. The molecule has 0 radical (unpaired) electrons. The van der Waals surface area contributed by atoms with Crippen LogP contribution in [0.4, 0.5) is 0 Å². The zero-order chi connectivity index (χ0) is 13.7. The Morgan fingerprint density at radius 2 is 2.16 bits per heavy atom. The first kappa shape index (κ1) is 14.0. The second kappa shape index (κ2) is 6.15. The Labute approximate surface area is 114 Å². The van der Waals surface area contributed by atoms with Crippen LogP contribution >= 0.6 is 0 Å². The molecule has 1 N–H and O–H groups in total. The molecule has 0 unspecified atom stereocenters. The maximum Gasteiger partial charge on any atom is 0.228 e. The van der Waals surface area contributed by atoms with Gasteiger partial charge in [-0.25, -0.2) is 0 Å². The van der Waals surface area contributed by atoms with Gasteiger partial charge in [-0.1, -0.05) is 18.9 Å². The van der Waals surface area contributed by atoms with Gasteiger partial charge in [-0.2, -0.15) is 0 Å². The van der Waals surface area contributed by atoms with E-state index in [-0.39, 0.29) is 5.91 Å². The van der Waals surface area contributed by atoms with Gasteiger partial charge >= 0.3 is 0 Å². The van der Waals surface area contributed by atoms with Gasteiger partial charge in [-0.15, -0.1) is 0 Å². The summed E-state index contributed by atoms with van der Waals surface area (Å²) in [5.74, 6) is 0.0558. The maximum atomic E-state index is 12.0. The SMILES string of the molecule is CN(CCC1(O)CCCC1)C(=O)Cc1ccccn1. The van der Waals surface area contributed by atoms with Gasteiger partial charge in [0.1, 0.15) is 0 Å². The molecule has 1 saturated carbocycles. The Kier molecular flexibility index (Phi) is 4.53. The normalized spacial score (nSPS) is 17.4. The van der Waals surface area contributed by atoms with Crippen LogP contribution in [0.15, 0.2) is 24.4 Å². The topological polar surface area (TPSA) is 53.4 Å². The van der Waals surface area contributed by atoms with Crippen LogP contribution in [0.25, 0.3) is 0 Å².